The first-order chi connectivity index (χ1) is 18.0. The van der Waals surface area contributed by atoms with Crippen LogP contribution in [0, 0.1) is 5.82 Å². The van der Waals surface area contributed by atoms with Crippen LogP contribution in [0.15, 0.2) is 76.1 Å². The molecule has 1 aromatic heterocycles. The van der Waals surface area contributed by atoms with Crippen LogP contribution in [-0.4, -0.2) is 29.2 Å². The van der Waals surface area contributed by atoms with Gasteiger partial charge in [-0.3, -0.25) is 10.1 Å². The molecule has 196 valence electrons. The van der Waals surface area contributed by atoms with Crippen LogP contribution < -0.4 is 10.6 Å². The zero-order valence-corrected chi connectivity index (χ0v) is 20.4. The Hall–Kier alpha value is -4.12. The second-order valence-electron chi connectivity index (χ2n) is 8.81. The number of nitrogens with one attached hydrogen (secondary N) is 2. The maximum absolute atomic E-state index is 15.1. The van der Waals surface area contributed by atoms with Gasteiger partial charge in [0.1, 0.15) is 11.3 Å². The van der Waals surface area contributed by atoms with Crippen LogP contribution in [0.2, 0.25) is 5.02 Å². The van der Waals surface area contributed by atoms with Crippen LogP contribution in [0.3, 0.4) is 0 Å². The summed E-state index contributed by atoms with van der Waals surface area (Å²) in [6.45, 7) is 1.34. The second kappa shape index (κ2) is 9.64. The number of hydrogen-bond donors (Lipinski definition) is 2. The molecular weight excluding hydrogens is 528 g/mol. The van der Waals surface area contributed by atoms with E-state index in [0.717, 1.165) is 6.07 Å². The Morgan fingerprint density at radius 1 is 1.11 bits per heavy atom. The van der Waals surface area contributed by atoms with Gasteiger partial charge in [-0.05, 0) is 49.4 Å². The van der Waals surface area contributed by atoms with Gasteiger partial charge in [-0.15, -0.1) is 0 Å². The van der Waals surface area contributed by atoms with Gasteiger partial charge in [-0.25, -0.2) is 9.38 Å². The Morgan fingerprint density at radius 3 is 2.61 bits per heavy atom. The lowest BCUT2D eigenvalue weighted by molar-refractivity contribution is -0.208. The molecule has 3 aromatic carbocycles. The number of benzene rings is 3. The van der Waals surface area contributed by atoms with Crippen molar-refractivity contribution in [1.82, 2.24) is 10.3 Å². The summed E-state index contributed by atoms with van der Waals surface area (Å²) in [6, 6.07) is 15.9. The number of alkyl halides is 3. The number of carbonyl (C=O) groups excluding carboxylic acids is 1. The molecule has 0 spiro atoms. The van der Waals surface area contributed by atoms with E-state index in [1.165, 1.54) is 31.2 Å². The number of aromatic nitrogens is 1. The minimum absolute atomic E-state index is 0.0736. The van der Waals surface area contributed by atoms with Gasteiger partial charge in [-0.1, -0.05) is 29.8 Å². The molecule has 0 saturated heterocycles. The maximum Gasteiger partial charge on any atom is 0.425 e. The zero-order valence-electron chi connectivity index (χ0n) is 19.6. The predicted octanol–water partition coefficient (Wildman–Crippen LogP) is 6.72. The van der Waals surface area contributed by atoms with Crippen LogP contribution in [0.1, 0.15) is 29.3 Å². The van der Waals surface area contributed by atoms with E-state index in [1.807, 2.05) is 0 Å². The Kier molecular flexibility index (Phi) is 6.47. The molecule has 0 unspecified atom stereocenters. The van der Waals surface area contributed by atoms with Gasteiger partial charge in [0, 0.05) is 34.3 Å². The predicted molar refractivity (Wildman–Crippen MR) is 133 cm³/mol. The summed E-state index contributed by atoms with van der Waals surface area (Å²) in [7, 11) is 0. The standard InChI is InChI=1S/C26H19ClF4N4O3/c1-25(13-21(26(29,30)31)38-24(35-25)34-22(36)14-5-3-2-4-6-14)17-12-16(8-9-18(17)28)32-23-33-19-10-7-15(27)11-20(19)37-23/h2-12,21H,13H2,1H3,(H,32,33)(H,34,35,36)/t21-,25-/m0/s1. The lowest BCUT2D eigenvalue weighted by Crippen LogP contribution is -2.48. The number of nitrogens with zero attached hydrogens (tertiary/aromatic N) is 2. The van der Waals surface area contributed by atoms with E-state index in [2.05, 4.69) is 20.6 Å². The Bertz CT molecular complexity index is 1540. The molecule has 1 aliphatic heterocycles. The summed E-state index contributed by atoms with van der Waals surface area (Å²) >= 11 is 5.97. The number of anilines is 2. The number of carbonyl (C=O) groups is 1. The molecule has 7 nitrogen and oxygen atoms in total. The third kappa shape index (κ3) is 5.28. The number of rotatable bonds is 4. The van der Waals surface area contributed by atoms with Crippen molar-refractivity contribution < 1.29 is 31.5 Å². The Labute approximate surface area is 218 Å². The van der Waals surface area contributed by atoms with Crippen molar-refractivity contribution in [3.8, 4) is 0 Å². The Morgan fingerprint density at radius 2 is 1.87 bits per heavy atom. The average Bonchev–Trinajstić information content (AvgIpc) is 3.26. The maximum atomic E-state index is 15.1. The highest BCUT2D eigenvalue weighted by Gasteiger charge is 2.50. The van der Waals surface area contributed by atoms with Gasteiger partial charge in [0.15, 0.2) is 11.7 Å². The first kappa shape index (κ1) is 25.5. The molecule has 0 bridgehead atoms. The highest BCUT2D eigenvalue weighted by Crippen LogP contribution is 2.42. The molecule has 2 N–H and O–H groups in total. The summed E-state index contributed by atoms with van der Waals surface area (Å²) in [6.07, 6.45) is -7.86. The fraction of sp³-hybridized carbons (Fsp3) is 0.192. The molecule has 0 fully saturated rings. The summed E-state index contributed by atoms with van der Waals surface area (Å²) in [5.41, 5.74) is -0.478. The van der Waals surface area contributed by atoms with E-state index in [-0.39, 0.29) is 17.1 Å². The number of ether oxygens (including phenoxy) is 1. The number of fused-ring (bicyclic) bond motifs is 1. The first-order valence-electron chi connectivity index (χ1n) is 11.3. The van der Waals surface area contributed by atoms with E-state index >= 15 is 4.39 Å². The molecule has 0 aliphatic carbocycles. The summed E-state index contributed by atoms with van der Waals surface area (Å²) in [5.74, 6) is -1.51. The van der Waals surface area contributed by atoms with E-state index in [1.54, 1.807) is 36.4 Å². The lowest BCUT2D eigenvalue weighted by Gasteiger charge is -2.36. The van der Waals surface area contributed by atoms with Crippen molar-refractivity contribution >= 4 is 46.3 Å². The molecule has 1 aliphatic rings. The van der Waals surface area contributed by atoms with E-state index in [0.29, 0.717) is 21.8 Å². The SMILES string of the molecule is C[C@@]1(c2cc(Nc3nc4ccc(Cl)cc4o3)ccc2F)C[C@@H](C(F)(F)F)OC(NC(=O)c2ccccc2)=N1. The first-order valence-corrected chi connectivity index (χ1v) is 11.7. The smallest absolute Gasteiger partial charge is 0.425 e. The summed E-state index contributed by atoms with van der Waals surface area (Å²) in [5, 5.41) is 5.60. The Balaban J connectivity index is 1.48. The normalized spacial score (nSPS) is 19.5. The molecule has 5 rings (SSSR count). The van der Waals surface area contributed by atoms with Crippen LogP contribution in [0.4, 0.5) is 29.3 Å². The highest BCUT2D eigenvalue weighted by atomic mass is 35.5. The molecule has 4 aromatic rings. The summed E-state index contributed by atoms with van der Waals surface area (Å²) in [4.78, 5) is 21.1. The van der Waals surface area contributed by atoms with Gasteiger partial charge in [0.05, 0.1) is 5.54 Å². The van der Waals surface area contributed by atoms with Crippen molar-refractivity contribution in [1.29, 1.82) is 0 Å². The second-order valence-corrected chi connectivity index (χ2v) is 9.25. The molecule has 2 heterocycles. The molecule has 0 saturated carbocycles. The van der Waals surface area contributed by atoms with Crippen molar-refractivity contribution in [2.75, 3.05) is 5.32 Å². The van der Waals surface area contributed by atoms with Crippen molar-refractivity contribution in [2.45, 2.75) is 31.2 Å². The van der Waals surface area contributed by atoms with Crippen LogP contribution in [0.25, 0.3) is 11.1 Å². The molecule has 2 atom stereocenters. The number of oxazole rings is 1. The fourth-order valence-corrected chi connectivity index (χ4v) is 4.26. The average molecular weight is 547 g/mol. The topological polar surface area (TPSA) is 88.8 Å². The minimum atomic E-state index is -4.80. The van der Waals surface area contributed by atoms with Crippen molar-refractivity contribution in [3.63, 3.8) is 0 Å². The monoisotopic (exact) mass is 546 g/mol. The van der Waals surface area contributed by atoms with Gasteiger partial charge < -0.3 is 14.5 Å². The van der Waals surface area contributed by atoms with Crippen molar-refractivity contribution in [2.24, 2.45) is 4.99 Å². The van der Waals surface area contributed by atoms with E-state index in [9.17, 15) is 18.0 Å². The van der Waals surface area contributed by atoms with Gasteiger partial charge >= 0.3 is 6.18 Å². The van der Waals surface area contributed by atoms with Crippen LogP contribution in [-0.2, 0) is 10.3 Å². The van der Waals surface area contributed by atoms with Crippen LogP contribution in [0.5, 0.6) is 0 Å². The van der Waals surface area contributed by atoms with Gasteiger partial charge in [0.25, 0.3) is 17.9 Å². The number of amides is 1. The molecular formula is C26H19ClF4N4O3. The number of hydrogen-bond acceptors (Lipinski definition) is 6. The molecule has 12 heteroatoms. The molecule has 38 heavy (non-hydrogen) atoms. The number of aliphatic imine (C=N–C) groups is 1. The van der Waals surface area contributed by atoms with Crippen molar-refractivity contribution in [3.05, 3.63) is 88.7 Å². The zero-order chi connectivity index (χ0) is 27.1. The number of amidine groups is 1. The quantitative estimate of drug-likeness (QED) is 0.278. The lowest BCUT2D eigenvalue weighted by atomic mass is 9.85. The largest absolute Gasteiger partial charge is 0.452 e. The van der Waals surface area contributed by atoms with Gasteiger partial charge in [-0.2, -0.15) is 18.2 Å². The van der Waals surface area contributed by atoms with E-state index < -0.39 is 42.0 Å². The van der Waals surface area contributed by atoms with Gasteiger partial charge in [0.2, 0.25) is 0 Å². The fourth-order valence-electron chi connectivity index (χ4n) is 4.09. The number of halogens is 5. The molecule has 0 radical (unpaired) electrons. The van der Waals surface area contributed by atoms with E-state index in [4.69, 9.17) is 20.8 Å². The summed E-state index contributed by atoms with van der Waals surface area (Å²) < 4.78 is 67.1. The highest BCUT2D eigenvalue weighted by molar-refractivity contribution is 6.31. The third-order valence-corrected chi connectivity index (χ3v) is 6.19. The minimum Gasteiger partial charge on any atom is -0.452 e. The van der Waals surface area contributed by atoms with Crippen LogP contribution >= 0.6 is 11.6 Å². The molecule has 1 amide bonds. The third-order valence-electron chi connectivity index (χ3n) is 5.95.